The molecular formula is C23H24ClNO3. The lowest BCUT2D eigenvalue weighted by Gasteiger charge is -2.41. The minimum Gasteiger partial charge on any atom is -0.468 e. The summed E-state index contributed by atoms with van der Waals surface area (Å²) in [6.45, 7) is 1.11. The lowest BCUT2D eigenvalue weighted by molar-refractivity contribution is -0.152. The van der Waals surface area contributed by atoms with Gasteiger partial charge >= 0.3 is 5.97 Å². The van der Waals surface area contributed by atoms with Crippen LogP contribution in [0.25, 0.3) is 0 Å². The zero-order valence-electron chi connectivity index (χ0n) is 16.0. The smallest absolute Gasteiger partial charge is 0.316 e. The Kier molecular flexibility index (Phi) is 4.92. The third-order valence-corrected chi connectivity index (χ3v) is 6.61. The van der Waals surface area contributed by atoms with Crippen LogP contribution in [0.15, 0.2) is 54.6 Å². The Labute approximate surface area is 170 Å². The molecule has 1 heterocycles. The third kappa shape index (κ3) is 3.10. The second kappa shape index (κ2) is 7.25. The van der Waals surface area contributed by atoms with Crippen LogP contribution in [0.1, 0.15) is 36.8 Å². The van der Waals surface area contributed by atoms with E-state index in [0.29, 0.717) is 31.0 Å². The monoisotopic (exact) mass is 397 g/mol. The van der Waals surface area contributed by atoms with Gasteiger partial charge in [-0.1, -0.05) is 54.1 Å². The van der Waals surface area contributed by atoms with Crippen LogP contribution in [0.4, 0.5) is 0 Å². The molecule has 2 fully saturated rings. The van der Waals surface area contributed by atoms with Crippen molar-refractivity contribution in [2.24, 2.45) is 0 Å². The number of rotatable bonds is 4. The maximum Gasteiger partial charge on any atom is 0.316 e. The molecule has 146 valence electrons. The number of nitrogens with zero attached hydrogens (tertiary/aromatic N) is 1. The summed E-state index contributed by atoms with van der Waals surface area (Å²) in [5.41, 5.74) is 0.911. The van der Waals surface area contributed by atoms with Crippen LogP contribution in [0.2, 0.25) is 5.02 Å². The van der Waals surface area contributed by atoms with E-state index in [9.17, 15) is 9.59 Å². The molecule has 1 aliphatic carbocycles. The zero-order chi connectivity index (χ0) is 19.8. The van der Waals surface area contributed by atoms with Gasteiger partial charge in [-0.25, -0.2) is 0 Å². The van der Waals surface area contributed by atoms with Gasteiger partial charge in [-0.15, -0.1) is 0 Å². The molecule has 1 aliphatic heterocycles. The molecule has 5 heteroatoms. The number of carbonyl (C=O) groups excluding carboxylic acids is 2. The molecule has 4 nitrogen and oxygen atoms in total. The van der Waals surface area contributed by atoms with Crippen molar-refractivity contribution >= 4 is 23.5 Å². The Bertz CT molecular complexity index is 866. The Hall–Kier alpha value is -2.33. The van der Waals surface area contributed by atoms with Gasteiger partial charge in [0.05, 0.1) is 17.9 Å². The van der Waals surface area contributed by atoms with Gasteiger partial charge in [0.2, 0.25) is 5.91 Å². The first-order valence-corrected chi connectivity index (χ1v) is 10.1. The predicted octanol–water partition coefficient (Wildman–Crippen LogP) is 4.11. The number of hydrogen-bond donors (Lipinski definition) is 0. The average Bonchev–Trinajstić information content (AvgIpc) is 3.56. The van der Waals surface area contributed by atoms with E-state index >= 15 is 0 Å². The Balaban J connectivity index is 1.54. The van der Waals surface area contributed by atoms with Crippen molar-refractivity contribution in [2.75, 3.05) is 20.2 Å². The summed E-state index contributed by atoms with van der Waals surface area (Å²) in [5.74, 6) is -0.0500. The second-order valence-electron chi connectivity index (χ2n) is 7.82. The van der Waals surface area contributed by atoms with E-state index in [0.717, 1.165) is 24.0 Å². The van der Waals surface area contributed by atoms with Crippen LogP contribution in [0, 0.1) is 0 Å². The number of benzene rings is 2. The summed E-state index contributed by atoms with van der Waals surface area (Å²) in [5, 5.41) is 0.677. The van der Waals surface area contributed by atoms with Crippen LogP contribution in [0.3, 0.4) is 0 Å². The van der Waals surface area contributed by atoms with Crippen molar-refractivity contribution in [2.45, 2.75) is 36.5 Å². The maximum atomic E-state index is 13.3. The average molecular weight is 398 g/mol. The standard InChI is InChI=1S/C23H24ClNO3/c1-28-21(27)23(17-5-3-2-4-6-17)13-15-25(16-14-23)20(26)22(11-12-22)18-7-9-19(24)10-8-18/h2-10H,11-16H2,1H3. The van der Waals surface area contributed by atoms with Crippen LogP contribution in [0.5, 0.6) is 0 Å². The molecule has 2 aromatic carbocycles. The first kappa shape index (κ1) is 19.0. The van der Waals surface area contributed by atoms with Crippen molar-refractivity contribution in [3.8, 4) is 0 Å². The minimum absolute atomic E-state index is 0.168. The highest BCUT2D eigenvalue weighted by Gasteiger charge is 2.54. The summed E-state index contributed by atoms with van der Waals surface area (Å²) < 4.78 is 5.15. The maximum absolute atomic E-state index is 13.3. The molecule has 0 atom stereocenters. The Morgan fingerprint density at radius 3 is 1.96 bits per heavy atom. The molecule has 0 N–H and O–H groups in total. The van der Waals surface area contributed by atoms with Gasteiger partial charge in [-0.2, -0.15) is 0 Å². The summed E-state index contributed by atoms with van der Waals surface area (Å²) in [4.78, 5) is 27.9. The first-order chi connectivity index (χ1) is 13.5. The van der Waals surface area contributed by atoms with Crippen molar-refractivity contribution in [1.82, 2.24) is 4.90 Å². The molecule has 0 aromatic heterocycles. The molecule has 0 radical (unpaired) electrons. The normalized spacial score (nSPS) is 19.7. The van der Waals surface area contributed by atoms with E-state index in [1.165, 1.54) is 7.11 Å². The molecule has 1 saturated carbocycles. The van der Waals surface area contributed by atoms with Gasteiger partial charge in [-0.3, -0.25) is 9.59 Å². The highest BCUT2D eigenvalue weighted by molar-refractivity contribution is 6.30. The molecule has 1 saturated heterocycles. The number of hydrogen-bond acceptors (Lipinski definition) is 3. The summed E-state index contributed by atoms with van der Waals surface area (Å²) >= 11 is 6.00. The van der Waals surface area contributed by atoms with Crippen molar-refractivity contribution < 1.29 is 14.3 Å². The number of piperidine rings is 1. The number of carbonyl (C=O) groups is 2. The fraction of sp³-hybridized carbons (Fsp3) is 0.391. The Morgan fingerprint density at radius 2 is 1.43 bits per heavy atom. The fourth-order valence-electron chi connectivity index (χ4n) is 4.48. The van der Waals surface area contributed by atoms with Crippen molar-refractivity contribution in [3.05, 3.63) is 70.7 Å². The number of amides is 1. The summed E-state index contributed by atoms with van der Waals surface area (Å²) in [6, 6.07) is 17.4. The van der Waals surface area contributed by atoms with E-state index in [4.69, 9.17) is 16.3 Å². The quantitative estimate of drug-likeness (QED) is 0.729. The molecule has 2 aliphatic rings. The van der Waals surface area contributed by atoms with Crippen LogP contribution < -0.4 is 0 Å². The van der Waals surface area contributed by atoms with E-state index in [1.807, 2.05) is 59.5 Å². The van der Waals surface area contributed by atoms with Crippen LogP contribution >= 0.6 is 11.6 Å². The summed E-state index contributed by atoms with van der Waals surface area (Å²) in [7, 11) is 1.43. The largest absolute Gasteiger partial charge is 0.468 e. The van der Waals surface area contributed by atoms with E-state index in [-0.39, 0.29) is 11.9 Å². The minimum atomic E-state index is -0.677. The topological polar surface area (TPSA) is 46.6 Å². The first-order valence-electron chi connectivity index (χ1n) is 9.71. The number of esters is 1. The lowest BCUT2D eigenvalue weighted by atomic mass is 9.72. The molecule has 0 bridgehead atoms. The molecule has 28 heavy (non-hydrogen) atoms. The van der Waals surface area contributed by atoms with E-state index in [1.54, 1.807) is 0 Å². The lowest BCUT2D eigenvalue weighted by Crippen LogP contribution is -2.51. The van der Waals surface area contributed by atoms with Crippen molar-refractivity contribution in [3.63, 3.8) is 0 Å². The molecular weight excluding hydrogens is 374 g/mol. The second-order valence-corrected chi connectivity index (χ2v) is 8.26. The van der Waals surface area contributed by atoms with Gasteiger partial charge in [0.25, 0.3) is 0 Å². The van der Waals surface area contributed by atoms with Gasteiger partial charge in [-0.05, 0) is 48.9 Å². The van der Waals surface area contributed by atoms with Crippen LogP contribution in [-0.2, 0) is 25.2 Å². The van der Waals surface area contributed by atoms with E-state index < -0.39 is 10.8 Å². The van der Waals surface area contributed by atoms with Crippen molar-refractivity contribution in [1.29, 1.82) is 0 Å². The molecule has 0 unspecified atom stereocenters. The predicted molar refractivity (Wildman–Crippen MR) is 108 cm³/mol. The highest BCUT2D eigenvalue weighted by atomic mass is 35.5. The molecule has 4 rings (SSSR count). The molecule has 2 aromatic rings. The highest BCUT2D eigenvalue weighted by Crippen LogP contribution is 2.50. The number of halogens is 1. The third-order valence-electron chi connectivity index (χ3n) is 6.36. The van der Waals surface area contributed by atoms with Gasteiger partial charge < -0.3 is 9.64 Å². The zero-order valence-corrected chi connectivity index (χ0v) is 16.7. The summed E-state index contributed by atoms with van der Waals surface area (Å²) in [6.07, 6.45) is 2.88. The number of methoxy groups -OCH3 is 1. The fourth-order valence-corrected chi connectivity index (χ4v) is 4.60. The molecule has 1 amide bonds. The molecule has 0 spiro atoms. The van der Waals surface area contributed by atoms with Gasteiger partial charge in [0, 0.05) is 18.1 Å². The van der Waals surface area contributed by atoms with Crippen LogP contribution in [-0.4, -0.2) is 37.0 Å². The van der Waals surface area contributed by atoms with E-state index in [2.05, 4.69) is 0 Å². The Morgan fingerprint density at radius 1 is 0.857 bits per heavy atom. The number of likely N-dealkylation sites (tertiary alicyclic amines) is 1. The number of ether oxygens (including phenoxy) is 1. The van der Waals surface area contributed by atoms with Gasteiger partial charge in [0.1, 0.15) is 0 Å². The van der Waals surface area contributed by atoms with Gasteiger partial charge in [0.15, 0.2) is 0 Å². The SMILES string of the molecule is COC(=O)C1(c2ccccc2)CCN(C(=O)C2(c3ccc(Cl)cc3)CC2)CC1.